The van der Waals surface area contributed by atoms with Crippen LogP contribution in [0.15, 0.2) is 60.9 Å². The lowest BCUT2D eigenvalue weighted by Crippen LogP contribution is -2.19. The van der Waals surface area contributed by atoms with E-state index in [0.717, 1.165) is 5.56 Å². The summed E-state index contributed by atoms with van der Waals surface area (Å²) in [6, 6.07) is 12.8. The minimum absolute atomic E-state index is 0.160. The second-order valence-corrected chi connectivity index (χ2v) is 6.82. The highest BCUT2D eigenvalue weighted by Crippen LogP contribution is 2.32. The van der Waals surface area contributed by atoms with E-state index in [1.807, 2.05) is 12.1 Å². The van der Waals surface area contributed by atoms with Gasteiger partial charge in [-0.05, 0) is 35.9 Å². The van der Waals surface area contributed by atoms with Crippen molar-refractivity contribution < 1.29 is 19.2 Å². The van der Waals surface area contributed by atoms with E-state index in [1.165, 1.54) is 19.2 Å². The number of methoxy groups -OCH3 is 1. The fourth-order valence-corrected chi connectivity index (χ4v) is 2.92. The van der Waals surface area contributed by atoms with Crippen LogP contribution in [0.5, 0.6) is 11.5 Å². The van der Waals surface area contributed by atoms with Crippen LogP contribution in [-0.4, -0.2) is 37.0 Å². The highest BCUT2D eigenvalue weighted by Gasteiger charge is 2.19. The van der Waals surface area contributed by atoms with Crippen molar-refractivity contribution in [2.24, 2.45) is 0 Å². The van der Waals surface area contributed by atoms with Gasteiger partial charge in [0.1, 0.15) is 6.61 Å². The van der Waals surface area contributed by atoms with E-state index in [0.29, 0.717) is 29.5 Å². The molecule has 0 bridgehead atoms. The zero-order valence-corrected chi connectivity index (χ0v) is 17.4. The number of nitrogens with zero attached hydrogens (tertiary/aromatic N) is 3. The summed E-state index contributed by atoms with van der Waals surface area (Å²) >= 11 is 0. The number of carbonyl (C=O) groups excluding carboxylic acids is 1. The van der Waals surface area contributed by atoms with E-state index in [1.54, 1.807) is 55.7 Å². The van der Waals surface area contributed by atoms with E-state index in [9.17, 15) is 14.9 Å². The Hall–Kier alpha value is -4.14. The van der Waals surface area contributed by atoms with Gasteiger partial charge in [0.05, 0.1) is 17.6 Å². The van der Waals surface area contributed by atoms with Crippen molar-refractivity contribution >= 4 is 23.0 Å². The molecule has 3 aromatic rings. The number of nitro benzene ring substituents is 1. The maximum atomic E-state index is 12.9. The number of anilines is 2. The van der Waals surface area contributed by atoms with Crippen LogP contribution in [0, 0.1) is 10.1 Å². The van der Waals surface area contributed by atoms with Gasteiger partial charge in [-0.2, -0.15) is 0 Å². The smallest absolute Gasteiger partial charge is 0.270 e. The molecule has 2 aromatic carbocycles. The van der Waals surface area contributed by atoms with Gasteiger partial charge in [0.25, 0.3) is 11.6 Å². The summed E-state index contributed by atoms with van der Waals surface area (Å²) in [4.78, 5) is 29.2. The predicted molar refractivity (Wildman–Crippen MR) is 117 cm³/mol. The van der Waals surface area contributed by atoms with E-state index in [4.69, 9.17) is 9.47 Å². The Morgan fingerprint density at radius 2 is 1.84 bits per heavy atom. The Morgan fingerprint density at radius 3 is 2.48 bits per heavy atom. The third-order valence-corrected chi connectivity index (χ3v) is 4.48. The molecule has 9 heteroatoms. The van der Waals surface area contributed by atoms with Crippen molar-refractivity contribution in [3.63, 3.8) is 0 Å². The fourth-order valence-electron chi connectivity index (χ4n) is 2.92. The largest absolute Gasteiger partial charge is 0.493 e. The van der Waals surface area contributed by atoms with Gasteiger partial charge < -0.3 is 19.7 Å². The van der Waals surface area contributed by atoms with Gasteiger partial charge in [-0.15, -0.1) is 0 Å². The van der Waals surface area contributed by atoms with Crippen molar-refractivity contribution in [2.45, 2.75) is 6.61 Å². The number of rotatable bonds is 8. The van der Waals surface area contributed by atoms with Crippen LogP contribution in [0.1, 0.15) is 15.9 Å². The van der Waals surface area contributed by atoms with Gasteiger partial charge in [0, 0.05) is 56.1 Å². The summed E-state index contributed by atoms with van der Waals surface area (Å²) in [5.74, 6) is 0.484. The van der Waals surface area contributed by atoms with E-state index in [2.05, 4.69) is 10.3 Å². The maximum absolute atomic E-state index is 12.9. The lowest BCUT2D eigenvalue weighted by Gasteiger charge is -2.17. The summed E-state index contributed by atoms with van der Waals surface area (Å²) in [6.45, 7) is 0.298. The van der Waals surface area contributed by atoms with Gasteiger partial charge >= 0.3 is 0 Å². The summed E-state index contributed by atoms with van der Waals surface area (Å²) in [7, 11) is 5.05. The first-order valence-corrected chi connectivity index (χ1v) is 9.36. The molecule has 0 radical (unpaired) electrons. The third-order valence-electron chi connectivity index (χ3n) is 4.48. The maximum Gasteiger partial charge on any atom is 0.270 e. The molecule has 0 atom stereocenters. The molecule has 0 aliphatic carbocycles. The van der Waals surface area contributed by atoms with Crippen LogP contribution in [-0.2, 0) is 6.61 Å². The molecule has 0 unspecified atom stereocenters. The molecule has 0 aliphatic rings. The number of nitro groups is 1. The molecule has 9 nitrogen and oxygen atoms in total. The fraction of sp³-hybridized carbons (Fsp3) is 0.182. The first-order valence-electron chi connectivity index (χ1n) is 9.36. The number of hydrogen-bond acceptors (Lipinski definition) is 7. The Morgan fingerprint density at radius 1 is 1.10 bits per heavy atom. The number of aromatic nitrogens is 1. The van der Waals surface area contributed by atoms with Crippen LogP contribution in [0.4, 0.5) is 17.1 Å². The molecule has 0 fully saturated rings. The van der Waals surface area contributed by atoms with Gasteiger partial charge in [0.15, 0.2) is 11.5 Å². The quantitative estimate of drug-likeness (QED) is 0.433. The lowest BCUT2D eigenvalue weighted by atomic mass is 10.1. The summed E-state index contributed by atoms with van der Waals surface area (Å²) < 4.78 is 11.2. The molecule has 0 saturated carbocycles. The first-order chi connectivity index (χ1) is 14.9. The molecule has 1 amide bonds. The van der Waals surface area contributed by atoms with Crippen molar-refractivity contribution in [3.05, 3.63) is 82.2 Å². The number of carbonyl (C=O) groups is 1. The molecule has 3 rings (SSSR count). The molecular formula is C22H22N4O5. The second kappa shape index (κ2) is 9.57. The highest BCUT2D eigenvalue weighted by molar-refractivity contribution is 6.08. The lowest BCUT2D eigenvalue weighted by molar-refractivity contribution is -0.384. The Labute approximate surface area is 179 Å². The zero-order chi connectivity index (χ0) is 22.4. The first kappa shape index (κ1) is 21.6. The number of hydrogen-bond donors (Lipinski definition) is 1. The molecule has 31 heavy (non-hydrogen) atoms. The van der Waals surface area contributed by atoms with Crippen molar-refractivity contribution in [1.29, 1.82) is 0 Å². The van der Waals surface area contributed by atoms with Crippen LogP contribution in [0.2, 0.25) is 0 Å². The van der Waals surface area contributed by atoms with Crippen molar-refractivity contribution in [1.82, 2.24) is 4.98 Å². The standard InChI is InChI=1S/C22H22N4O5/c1-25(2)19-6-5-17(26(28)29)13-18(19)22(27)24-16-4-7-20(30-3)21(12-16)31-14-15-8-10-23-11-9-15/h4-13H,14H2,1-3H3,(H,24,27). The van der Waals surface area contributed by atoms with E-state index in [-0.39, 0.29) is 11.3 Å². The average molecular weight is 422 g/mol. The molecule has 0 saturated heterocycles. The molecule has 0 aliphatic heterocycles. The Kier molecular flexibility index (Phi) is 6.66. The van der Waals surface area contributed by atoms with Crippen molar-refractivity contribution in [2.75, 3.05) is 31.4 Å². The number of amides is 1. The molecule has 1 heterocycles. The predicted octanol–water partition coefficient (Wildman–Crippen LogP) is 3.90. The average Bonchev–Trinajstić information content (AvgIpc) is 2.78. The molecule has 0 spiro atoms. The van der Waals surface area contributed by atoms with Crippen LogP contribution in [0.25, 0.3) is 0 Å². The molecule has 1 N–H and O–H groups in total. The normalized spacial score (nSPS) is 10.3. The summed E-state index contributed by atoms with van der Waals surface area (Å²) in [5, 5.41) is 13.9. The number of nitrogens with one attached hydrogen (secondary N) is 1. The second-order valence-electron chi connectivity index (χ2n) is 6.82. The Bertz CT molecular complexity index is 1090. The Balaban J connectivity index is 1.84. The van der Waals surface area contributed by atoms with Crippen LogP contribution >= 0.6 is 0 Å². The number of ether oxygens (including phenoxy) is 2. The zero-order valence-electron chi connectivity index (χ0n) is 17.4. The van der Waals surface area contributed by atoms with Gasteiger partial charge in [0.2, 0.25) is 0 Å². The highest BCUT2D eigenvalue weighted by atomic mass is 16.6. The topological polar surface area (TPSA) is 107 Å². The van der Waals surface area contributed by atoms with Crippen LogP contribution in [0.3, 0.4) is 0 Å². The van der Waals surface area contributed by atoms with Gasteiger partial charge in [-0.3, -0.25) is 19.9 Å². The summed E-state index contributed by atoms with van der Waals surface area (Å²) in [5.41, 5.74) is 1.98. The minimum Gasteiger partial charge on any atom is -0.493 e. The van der Waals surface area contributed by atoms with Crippen molar-refractivity contribution in [3.8, 4) is 11.5 Å². The SMILES string of the molecule is COc1ccc(NC(=O)c2cc([N+](=O)[O-])ccc2N(C)C)cc1OCc1ccncc1. The van der Waals surface area contributed by atoms with E-state index < -0.39 is 10.8 Å². The number of pyridine rings is 1. The molecular weight excluding hydrogens is 400 g/mol. The monoisotopic (exact) mass is 422 g/mol. The van der Waals surface area contributed by atoms with Crippen LogP contribution < -0.4 is 19.7 Å². The van der Waals surface area contributed by atoms with Gasteiger partial charge in [-0.25, -0.2) is 0 Å². The third kappa shape index (κ3) is 5.27. The van der Waals surface area contributed by atoms with Gasteiger partial charge in [-0.1, -0.05) is 0 Å². The number of benzene rings is 2. The molecule has 1 aromatic heterocycles. The summed E-state index contributed by atoms with van der Waals surface area (Å²) in [6.07, 6.45) is 3.35. The minimum atomic E-state index is -0.533. The number of non-ortho nitro benzene ring substituents is 1. The molecule has 160 valence electrons. The van der Waals surface area contributed by atoms with E-state index >= 15 is 0 Å².